The number of nitrogens with zero attached hydrogens (tertiary/aromatic N) is 4. The number of hydrogen-bond acceptors (Lipinski definition) is 7. The number of allylic oxidation sites excluding steroid dienone is 1. The summed E-state index contributed by atoms with van der Waals surface area (Å²) < 4.78 is 5.95. The van der Waals surface area contributed by atoms with Crippen LogP contribution in [-0.2, 0) is 6.54 Å². The molecule has 0 unspecified atom stereocenters. The Labute approximate surface area is 180 Å². The summed E-state index contributed by atoms with van der Waals surface area (Å²) in [6.45, 7) is 3.86. The second kappa shape index (κ2) is 8.20. The molecule has 1 N–H and O–H groups in total. The fourth-order valence-corrected chi connectivity index (χ4v) is 3.96. The zero-order chi connectivity index (χ0) is 21.2. The van der Waals surface area contributed by atoms with Crippen LogP contribution in [-0.4, -0.2) is 51.9 Å². The lowest BCUT2D eigenvalue weighted by atomic mass is 10.0. The van der Waals surface area contributed by atoms with E-state index in [-0.39, 0.29) is 17.3 Å². The number of phenolic OH excluding ortho intramolecular Hbond substituents is 1. The number of anilines is 1. The average molecular weight is 414 g/mol. The van der Waals surface area contributed by atoms with Crippen molar-refractivity contribution in [2.24, 2.45) is 0 Å². The van der Waals surface area contributed by atoms with E-state index in [0.717, 1.165) is 37.6 Å². The molecule has 3 aromatic rings. The molecule has 0 amide bonds. The Balaban J connectivity index is 1.33. The van der Waals surface area contributed by atoms with E-state index in [1.165, 1.54) is 0 Å². The third kappa shape index (κ3) is 3.87. The minimum atomic E-state index is -0.173. The minimum absolute atomic E-state index is 0.142. The summed E-state index contributed by atoms with van der Waals surface area (Å²) in [6, 6.07) is 12.8. The Kier molecular flexibility index (Phi) is 5.09. The summed E-state index contributed by atoms with van der Waals surface area (Å²) in [6.07, 6.45) is 6.84. The highest BCUT2D eigenvalue weighted by molar-refractivity contribution is 6.15. The maximum atomic E-state index is 12.8. The van der Waals surface area contributed by atoms with Crippen molar-refractivity contribution < 1.29 is 14.6 Å². The van der Waals surface area contributed by atoms with Gasteiger partial charge in [0.25, 0.3) is 0 Å². The Morgan fingerprint density at radius 2 is 1.81 bits per heavy atom. The fourth-order valence-electron chi connectivity index (χ4n) is 3.96. The highest BCUT2D eigenvalue weighted by atomic mass is 16.5. The third-order valence-electron chi connectivity index (χ3n) is 5.65. The van der Waals surface area contributed by atoms with Crippen LogP contribution in [0.4, 0.5) is 5.82 Å². The molecule has 7 heteroatoms. The van der Waals surface area contributed by atoms with Crippen molar-refractivity contribution in [2.45, 2.75) is 6.54 Å². The minimum Gasteiger partial charge on any atom is -0.507 e. The van der Waals surface area contributed by atoms with Gasteiger partial charge in [0.1, 0.15) is 17.3 Å². The van der Waals surface area contributed by atoms with Crippen molar-refractivity contribution in [3.63, 3.8) is 0 Å². The van der Waals surface area contributed by atoms with E-state index in [1.54, 1.807) is 36.8 Å². The van der Waals surface area contributed by atoms with Crippen molar-refractivity contribution in [1.29, 1.82) is 0 Å². The Bertz CT molecular complexity index is 1120. The van der Waals surface area contributed by atoms with Crippen LogP contribution in [0.25, 0.3) is 6.08 Å². The summed E-state index contributed by atoms with van der Waals surface area (Å²) >= 11 is 0. The van der Waals surface area contributed by atoms with Gasteiger partial charge in [-0.1, -0.05) is 6.07 Å². The molecule has 2 aliphatic rings. The number of ketones is 1. The molecule has 31 heavy (non-hydrogen) atoms. The lowest BCUT2D eigenvalue weighted by Gasteiger charge is -2.35. The summed E-state index contributed by atoms with van der Waals surface area (Å²) in [5.74, 6) is 1.66. The zero-order valence-electron chi connectivity index (χ0n) is 16.9. The van der Waals surface area contributed by atoms with Gasteiger partial charge in [-0.3, -0.25) is 14.7 Å². The average Bonchev–Trinajstić information content (AvgIpc) is 3.13. The quantitative estimate of drug-likeness (QED) is 0.657. The van der Waals surface area contributed by atoms with Crippen molar-refractivity contribution in [3.05, 3.63) is 83.5 Å². The molecule has 4 heterocycles. The first-order valence-electron chi connectivity index (χ1n) is 10.3. The van der Waals surface area contributed by atoms with Gasteiger partial charge in [0, 0.05) is 51.3 Å². The van der Waals surface area contributed by atoms with E-state index >= 15 is 0 Å². The highest BCUT2D eigenvalue weighted by Crippen LogP contribution is 2.40. The molecule has 156 valence electrons. The molecule has 2 aromatic heterocycles. The number of ether oxygens (including phenoxy) is 1. The second-order valence-corrected chi connectivity index (χ2v) is 7.61. The molecule has 0 bridgehead atoms. The Hall–Kier alpha value is -3.71. The number of carbonyl (C=O) groups excluding carboxylic acids is 1. The van der Waals surface area contributed by atoms with Crippen molar-refractivity contribution in [1.82, 2.24) is 14.9 Å². The fraction of sp³-hybridized carbons (Fsp3) is 0.208. The predicted molar refractivity (Wildman–Crippen MR) is 117 cm³/mol. The van der Waals surface area contributed by atoms with Crippen LogP contribution in [0.3, 0.4) is 0 Å². The van der Waals surface area contributed by atoms with E-state index in [2.05, 4.69) is 19.8 Å². The molecule has 7 nitrogen and oxygen atoms in total. The number of fused-ring (bicyclic) bond motifs is 1. The standard InChI is InChI=1S/C24H22N4O3/c29-20-5-4-18-23(30)21(15-17-6-9-25-10-7-17)31-24(18)19(20)16-27-11-13-28(14-12-27)22-3-1-2-8-26-22/h1-10,15,29H,11-14,16H2/b21-15-. The molecule has 0 radical (unpaired) electrons. The number of piperazine rings is 1. The number of aromatic hydroxyl groups is 1. The number of hydrogen-bond donors (Lipinski definition) is 1. The zero-order valence-corrected chi connectivity index (χ0v) is 16.9. The normalized spacial score (nSPS) is 17.6. The molecule has 1 aromatic carbocycles. The molecule has 0 aliphatic carbocycles. The van der Waals surface area contributed by atoms with Crippen LogP contribution in [0, 0.1) is 0 Å². The molecular weight excluding hydrogens is 392 g/mol. The topological polar surface area (TPSA) is 78.8 Å². The maximum absolute atomic E-state index is 12.8. The van der Waals surface area contributed by atoms with Crippen LogP contribution >= 0.6 is 0 Å². The van der Waals surface area contributed by atoms with Gasteiger partial charge < -0.3 is 14.7 Å². The number of phenols is 1. The summed E-state index contributed by atoms with van der Waals surface area (Å²) in [4.78, 5) is 25.8. The summed E-state index contributed by atoms with van der Waals surface area (Å²) in [5, 5.41) is 10.5. The lowest BCUT2D eigenvalue weighted by Crippen LogP contribution is -2.46. The number of Topliss-reactive ketones (excluding diaryl/α,β-unsaturated/α-hetero) is 1. The monoisotopic (exact) mass is 414 g/mol. The first-order valence-corrected chi connectivity index (χ1v) is 10.3. The van der Waals surface area contributed by atoms with Crippen molar-refractivity contribution in [2.75, 3.05) is 31.1 Å². The van der Waals surface area contributed by atoms with Gasteiger partial charge in [-0.2, -0.15) is 0 Å². The third-order valence-corrected chi connectivity index (χ3v) is 5.65. The SMILES string of the molecule is O=C1/C(=C/c2ccncc2)Oc2c1ccc(O)c2CN1CCN(c2ccccn2)CC1. The van der Waals surface area contributed by atoms with Crippen molar-refractivity contribution >= 4 is 17.7 Å². The second-order valence-electron chi connectivity index (χ2n) is 7.61. The molecule has 5 rings (SSSR count). The highest BCUT2D eigenvalue weighted by Gasteiger charge is 2.32. The first-order chi connectivity index (χ1) is 15.2. The van der Waals surface area contributed by atoms with Gasteiger partial charge in [0.05, 0.1) is 11.1 Å². The van der Waals surface area contributed by atoms with Gasteiger partial charge >= 0.3 is 0 Å². The first kappa shape index (κ1) is 19.3. The van der Waals surface area contributed by atoms with E-state index in [1.807, 2.05) is 30.3 Å². The Morgan fingerprint density at radius 3 is 2.55 bits per heavy atom. The van der Waals surface area contributed by atoms with Gasteiger partial charge in [-0.15, -0.1) is 0 Å². The van der Waals surface area contributed by atoms with Crippen LogP contribution in [0.1, 0.15) is 21.5 Å². The molecular formula is C24H22N4O3. The lowest BCUT2D eigenvalue weighted by molar-refractivity contribution is 0.101. The summed E-state index contributed by atoms with van der Waals surface area (Å²) in [5.41, 5.74) is 1.97. The molecule has 1 saturated heterocycles. The van der Waals surface area contributed by atoms with Gasteiger partial charge in [-0.25, -0.2) is 4.98 Å². The molecule has 0 atom stereocenters. The van der Waals surface area contributed by atoms with E-state index in [9.17, 15) is 9.90 Å². The number of rotatable bonds is 4. The predicted octanol–water partition coefficient (Wildman–Crippen LogP) is 3.12. The van der Waals surface area contributed by atoms with Gasteiger partial charge in [0.15, 0.2) is 5.76 Å². The smallest absolute Gasteiger partial charge is 0.231 e. The van der Waals surface area contributed by atoms with E-state index < -0.39 is 0 Å². The molecule has 2 aliphatic heterocycles. The number of pyridine rings is 2. The van der Waals surface area contributed by atoms with Crippen molar-refractivity contribution in [3.8, 4) is 11.5 Å². The Morgan fingerprint density at radius 1 is 1.00 bits per heavy atom. The van der Waals surface area contributed by atoms with Crippen LogP contribution < -0.4 is 9.64 Å². The van der Waals surface area contributed by atoms with Gasteiger partial charge in [-0.05, 0) is 48.0 Å². The van der Waals surface area contributed by atoms with Crippen LogP contribution in [0.15, 0.2) is 66.8 Å². The largest absolute Gasteiger partial charge is 0.507 e. The molecule has 1 fully saturated rings. The maximum Gasteiger partial charge on any atom is 0.231 e. The van der Waals surface area contributed by atoms with E-state index in [4.69, 9.17) is 4.74 Å². The summed E-state index contributed by atoms with van der Waals surface area (Å²) in [7, 11) is 0. The number of aromatic nitrogens is 2. The number of benzene rings is 1. The van der Waals surface area contributed by atoms with Crippen LogP contribution in [0.5, 0.6) is 11.5 Å². The van der Waals surface area contributed by atoms with Gasteiger partial charge in [0.2, 0.25) is 5.78 Å². The van der Waals surface area contributed by atoms with E-state index in [0.29, 0.717) is 23.4 Å². The molecule has 0 spiro atoms. The van der Waals surface area contributed by atoms with Crippen LogP contribution in [0.2, 0.25) is 0 Å². The number of carbonyl (C=O) groups is 1. The molecule has 0 saturated carbocycles.